The van der Waals surface area contributed by atoms with Crippen LogP contribution in [0.15, 0.2) is 30.5 Å². The van der Waals surface area contributed by atoms with Gasteiger partial charge in [0.2, 0.25) is 0 Å². The summed E-state index contributed by atoms with van der Waals surface area (Å²) < 4.78 is 0. The number of benzene rings is 1. The van der Waals surface area contributed by atoms with Gasteiger partial charge in [-0.25, -0.2) is 0 Å². The van der Waals surface area contributed by atoms with Gasteiger partial charge in [0.15, 0.2) is 0 Å². The fourth-order valence-electron chi connectivity index (χ4n) is 2.06. The summed E-state index contributed by atoms with van der Waals surface area (Å²) in [5.41, 5.74) is 2.26. The molecule has 0 N–H and O–H groups in total. The summed E-state index contributed by atoms with van der Waals surface area (Å²) >= 11 is 3.75. The normalized spacial score (nSPS) is 13.2. The van der Waals surface area contributed by atoms with Crippen LogP contribution in [0.25, 0.3) is 10.9 Å². The minimum absolute atomic E-state index is 0.509. The Hall–Kier alpha value is -0.960. The van der Waals surface area contributed by atoms with E-state index in [1.54, 1.807) is 0 Å². The van der Waals surface area contributed by atoms with Crippen molar-refractivity contribution in [2.45, 2.75) is 31.5 Å². The van der Waals surface area contributed by atoms with E-state index in [0.717, 1.165) is 11.9 Å². The summed E-state index contributed by atoms with van der Waals surface area (Å²) in [5.74, 6) is 0.709. The summed E-state index contributed by atoms with van der Waals surface area (Å²) in [7, 11) is 0. The molecule has 0 aliphatic heterocycles. The Labute approximate surface area is 111 Å². The van der Waals surface area contributed by atoms with Crippen molar-refractivity contribution in [1.82, 2.24) is 10.2 Å². The second-order valence-electron chi connectivity index (χ2n) is 4.82. The maximum Gasteiger partial charge on any atom is 0.0932 e. The largest absolute Gasteiger partial charge is 0.158 e. The third kappa shape index (κ3) is 3.25. The van der Waals surface area contributed by atoms with Gasteiger partial charge in [0.25, 0.3) is 0 Å². The van der Waals surface area contributed by atoms with Crippen LogP contribution in [0.3, 0.4) is 0 Å². The molecule has 2 rings (SSSR count). The molecular formula is C14H17BrN2. The maximum absolute atomic E-state index is 4.14. The van der Waals surface area contributed by atoms with Crippen LogP contribution in [-0.2, 0) is 6.42 Å². The molecule has 2 aromatic rings. The maximum atomic E-state index is 4.14. The fourth-order valence-corrected chi connectivity index (χ4v) is 3.16. The molecule has 17 heavy (non-hydrogen) atoms. The van der Waals surface area contributed by atoms with E-state index in [0.29, 0.717) is 10.7 Å². The molecule has 0 fully saturated rings. The van der Waals surface area contributed by atoms with Crippen LogP contribution in [-0.4, -0.2) is 15.0 Å². The molecule has 0 radical (unpaired) electrons. The lowest BCUT2D eigenvalue weighted by atomic mass is 10.0. The van der Waals surface area contributed by atoms with Gasteiger partial charge in [-0.3, -0.25) is 0 Å². The highest BCUT2D eigenvalue weighted by molar-refractivity contribution is 9.09. The second kappa shape index (κ2) is 5.58. The third-order valence-electron chi connectivity index (χ3n) is 2.80. The molecule has 1 atom stereocenters. The van der Waals surface area contributed by atoms with Crippen molar-refractivity contribution in [3.8, 4) is 0 Å². The quantitative estimate of drug-likeness (QED) is 0.797. The summed E-state index contributed by atoms with van der Waals surface area (Å²) in [6, 6.07) is 8.19. The molecular weight excluding hydrogens is 276 g/mol. The van der Waals surface area contributed by atoms with Gasteiger partial charge in [-0.1, -0.05) is 48.0 Å². The van der Waals surface area contributed by atoms with E-state index in [1.165, 1.54) is 17.4 Å². The zero-order chi connectivity index (χ0) is 12.3. The first kappa shape index (κ1) is 12.5. The van der Waals surface area contributed by atoms with Crippen LogP contribution in [0.4, 0.5) is 0 Å². The Morgan fingerprint density at radius 2 is 2.00 bits per heavy atom. The van der Waals surface area contributed by atoms with E-state index < -0.39 is 0 Å². The van der Waals surface area contributed by atoms with Crippen molar-refractivity contribution >= 4 is 26.8 Å². The number of rotatable bonds is 4. The summed E-state index contributed by atoms with van der Waals surface area (Å²) in [6.45, 7) is 4.49. The third-order valence-corrected chi connectivity index (χ3v) is 3.50. The first-order chi connectivity index (χ1) is 8.16. The lowest BCUT2D eigenvalue weighted by Gasteiger charge is -2.13. The van der Waals surface area contributed by atoms with Crippen LogP contribution < -0.4 is 0 Å². The number of halogens is 1. The first-order valence-electron chi connectivity index (χ1n) is 6.00. The zero-order valence-corrected chi connectivity index (χ0v) is 11.8. The molecule has 3 heteroatoms. The predicted molar refractivity (Wildman–Crippen MR) is 75.4 cm³/mol. The van der Waals surface area contributed by atoms with E-state index in [1.807, 2.05) is 18.3 Å². The monoisotopic (exact) mass is 292 g/mol. The number of hydrogen-bond donors (Lipinski definition) is 0. The van der Waals surface area contributed by atoms with E-state index >= 15 is 0 Å². The van der Waals surface area contributed by atoms with Crippen LogP contribution >= 0.6 is 15.9 Å². The molecule has 1 aromatic heterocycles. The van der Waals surface area contributed by atoms with Gasteiger partial charge in [-0.15, -0.1) is 0 Å². The van der Waals surface area contributed by atoms with E-state index in [4.69, 9.17) is 0 Å². The van der Waals surface area contributed by atoms with Gasteiger partial charge < -0.3 is 0 Å². The number of alkyl halides is 1. The lowest BCUT2D eigenvalue weighted by molar-refractivity contribution is 0.571. The summed E-state index contributed by atoms with van der Waals surface area (Å²) in [6.07, 6.45) is 4.07. The molecule has 1 heterocycles. The van der Waals surface area contributed by atoms with Crippen LogP contribution in [0, 0.1) is 5.92 Å². The van der Waals surface area contributed by atoms with E-state index in [2.05, 4.69) is 52.1 Å². The molecule has 1 aromatic carbocycles. The van der Waals surface area contributed by atoms with Crippen molar-refractivity contribution in [3.63, 3.8) is 0 Å². The highest BCUT2D eigenvalue weighted by Crippen LogP contribution is 2.22. The average molecular weight is 293 g/mol. The molecule has 0 aliphatic carbocycles. The predicted octanol–water partition coefficient (Wildman–Crippen LogP) is 3.98. The summed E-state index contributed by atoms with van der Waals surface area (Å²) in [5, 5.41) is 9.44. The number of hydrogen-bond acceptors (Lipinski definition) is 2. The van der Waals surface area contributed by atoms with Gasteiger partial charge in [0, 0.05) is 10.2 Å². The van der Waals surface area contributed by atoms with Crippen LogP contribution in [0.2, 0.25) is 0 Å². The number of nitrogens with zero attached hydrogens (tertiary/aromatic N) is 2. The van der Waals surface area contributed by atoms with Gasteiger partial charge in [-0.05, 0) is 30.4 Å². The van der Waals surface area contributed by atoms with Crippen molar-refractivity contribution in [3.05, 3.63) is 36.0 Å². The Morgan fingerprint density at radius 1 is 1.24 bits per heavy atom. The van der Waals surface area contributed by atoms with E-state index in [9.17, 15) is 0 Å². The molecule has 1 unspecified atom stereocenters. The standard InChI is InChI=1S/C14H17BrN2/c1-10(2)7-12(15)8-11-9-16-17-14-6-4-3-5-13(11)14/h3-6,9-10,12H,7-8H2,1-2H3. The summed E-state index contributed by atoms with van der Waals surface area (Å²) in [4.78, 5) is 0.509. The van der Waals surface area contributed by atoms with Crippen molar-refractivity contribution < 1.29 is 0 Å². The lowest BCUT2D eigenvalue weighted by Crippen LogP contribution is -2.07. The van der Waals surface area contributed by atoms with E-state index in [-0.39, 0.29) is 0 Å². The number of fused-ring (bicyclic) bond motifs is 1. The molecule has 0 spiro atoms. The molecule has 90 valence electrons. The smallest absolute Gasteiger partial charge is 0.0932 e. The highest BCUT2D eigenvalue weighted by atomic mass is 79.9. The van der Waals surface area contributed by atoms with Gasteiger partial charge in [-0.2, -0.15) is 10.2 Å². The van der Waals surface area contributed by atoms with Gasteiger partial charge in [0.1, 0.15) is 0 Å². The average Bonchev–Trinajstić information content (AvgIpc) is 2.28. The van der Waals surface area contributed by atoms with Crippen LogP contribution in [0.5, 0.6) is 0 Å². The Kier molecular flexibility index (Phi) is 4.11. The van der Waals surface area contributed by atoms with Gasteiger partial charge in [0.05, 0.1) is 11.7 Å². The number of aromatic nitrogens is 2. The van der Waals surface area contributed by atoms with Crippen molar-refractivity contribution in [2.75, 3.05) is 0 Å². The fraction of sp³-hybridized carbons (Fsp3) is 0.429. The minimum Gasteiger partial charge on any atom is -0.158 e. The highest BCUT2D eigenvalue weighted by Gasteiger charge is 2.10. The van der Waals surface area contributed by atoms with Crippen molar-refractivity contribution in [1.29, 1.82) is 0 Å². The molecule has 0 saturated heterocycles. The molecule has 0 aliphatic rings. The Morgan fingerprint density at radius 3 is 2.76 bits per heavy atom. The minimum atomic E-state index is 0.509. The van der Waals surface area contributed by atoms with Crippen molar-refractivity contribution in [2.24, 2.45) is 5.92 Å². The van der Waals surface area contributed by atoms with Gasteiger partial charge >= 0.3 is 0 Å². The second-order valence-corrected chi connectivity index (χ2v) is 6.11. The SMILES string of the molecule is CC(C)CC(Br)Cc1cnnc2ccccc12. The molecule has 0 bridgehead atoms. The zero-order valence-electron chi connectivity index (χ0n) is 10.2. The Balaban J connectivity index is 2.24. The molecule has 0 amide bonds. The van der Waals surface area contributed by atoms with Crippen LogP contribution in [0.1, 0.15) is 25.8 Å². The molecule has 2 nitrogen and oxygen atoms in total. The molecule has 0 saturated carbocycles. The Bertz CT molecular complexity index is 491. The first-order valence-corrected chi connectivity index (χ1v) is 6.91. The topological polar surface area (TPSA) is 25.8 Å².